The topological polar surface area (TPSA) is 111 Å². The summed E-state index contributed by atoms with van der Waals surface area (Å²) < 4.78 is 12.5. The minimum Gasteiger partial charge on any atom is -0.668 e. The van der Waals surface area contributed by atoms with E-state index >= 15 is 0 Å². The third-order valence-corrected chi connectivity index (χ3v) is 4.85. The fourth-order valence-corrected chi connectivity index (χ4v) is 3.16. The zero-order valence-corrected chi connectivity index (χ0v) is 34.2. The second-order valence-corrected chi connectivity index (χ2v) is 6.94. The van der Waals surface area contributed by atoms with Gasteiger partial charge in [-0.3, -0.25) is 19.2 Å². The van der Waals surface area contributed by atoms with E-state index in [2.05, 4.69) is 22.9 Å². The van der Waals surface area contributed by atoms with E-state index in [-0.39, 0.29) is 249 Å². The number of amides is 2. The van der Waals surface area contributed by atoms with Crippen molar-refractivity contribution in [1.29, 1.82) is 0 Å². The SMILES string of the molecule is CCC(=O)N[C@@H](CSC[C@H](CCCOC(=O)CC)OC(=O)CC)C(=O)N[S-].[K+].[K+].[K+].[K+]. The largest absolute Gasteiger partial charge is 1.00 e. The first-order valence-corrected chi connectivity index (χ1v) is 10.6. The molecule has 2 N–H and O–H groups in total. The van der Waals surface area contributed by atoms with Gasteiger partial charge in [0.15, 0.2) is 0 Å². The van der Waals surface area contributed by atoms with Gasteiger partial charge in [-0.1, -0.05) is 20.8 Å². The molecule has 0 aliphatic heterocycles. The molecule has 8 nitrogen and oxygen atoms in total. The molecule has 0 aliphatic rings. The Morgan fingerprint density at radius 3 is 1.97 bits per heavy atom. The standard InChI is InChI=1S/C17H29N2O6S2.4K/c1-4-14(20)18-13(17(23)19-26)11-27-10-12(25-16(22)6-3)8-7-9-24-15(21)5-2;;;;/h12-13H,4-11H2,1-3H3,(H2-,18,19,20,23,26);;;;/q-1;4*+1/t12-,13-;;;;/m0..../s1. The van der Waals surface area contributed by atoms with Crippen molar-refractivity contribution in [3.8, 4) is 0 Å². The molecule has 31 heavy (non-hydrogen) atoms. The van der Waals surface area contributed by atoms with Crippen LogP contribution in [-0.2, 0) is 41.5 Å². The van der Waals surface area contributed by atoms with Crippen molar-refractivity contribution in [1.82, 2.24) is 10.0 Å². The molecule has 0 aromatic heterocycles. The van der Waals surface area contributed by atoms with Gasteiger partial charge in [0.05, 0.1) is 6.61 Å². The molecule has 0 aliphatic carbocycles. The van der Waals surface area contributed by atoms with Crippen molar-refractivity contribution >= 4 is 48.3 Å². The van der Waals surface area contributed by atoms with Crippen LogP contribution in [0.25, 0.3) is 0 Å². The molecule has 0 aromatic carbocycles. The molecular weight excluding hydrogens is 549 g/mol. The van der Waals surface area contributed by atoms with Crippen molar-refractivity contribution < 1.29 is 234 Å². The van der Waals surface area contributed by atoms with Crippen LogP contribution < -0.4 is 216 Å². The molecule has 0 aromatic rings. The van der Waals surface area contributed by atoms with E-state index in [9.17, 15) is 19.2 Å². The summed E-state index contributed by atoms with van der Waals surface area (Å²) in [5, 5.41) is 2.61. The van der Waals surface area contributed by atoms with Crippen LogP contribution in [-0.4, -0.2) is 54.0 Å². The van der Waals surface area contributed by atoms with Gasteiger partial charge in [-0.15, -0.1) is 0 Å². The zero-order valence-electron chi connectivity index (χ0n) is 20.1. The van der Waals surface area contributed by atoms with Crippen molar-refractivity contribution in [3.63, 3.8) is 0 Å². The third-order valence-electron chi connectivity index (χ3n) is 3.47. The fraction of sp³-hybridized carbons (Fsp3) is 0.765. The van der Waals surface area contributed by atoms with E-state index in [0.717, 1.165) is 0 Å². The van der Waals surface area contributed by atoms with E-state index < -0.39 is 11.9 Å². The quantitative estimate of drug-likeness (QED) is 0.0907. The van der Waals surface area contributed by atoms with E-state index in [1.165, 1.54) is 11.8 Å². The maximum Gasteiger partial charge on any atom is 1.00 e. The average molecular weight is 578 g/mol. The van der Waals surface area contributed by atoms with Crippen LogP contribution in [0.3, 0.4) is 0 Å². The summed E-state index contributed by atoms with van der Waals surface area (Å²) in [7, 11) is 0. The van der Waals surface area contributed by atoms with Crippen LogP contribution in [0, 0.1) is 0 Å². The predicted octanol–water partition coefficient (Wildman–Crippen LogP) is -10.7. The van der Waals surface area contributed by atoms with Crippen molar-refractivity contribution in [3.05, 3.63) is 0 Å². The first-order valence-electron chi connectivity index (χ1n) is 9.01. The number of hydrogen-bond donors (Lipinski definition) is 2. The summed E-state index contributed by atoms with van der Waals surface area (Å²) in [4.78, 5) is 46.1. The minimum absolute atomic E-state index is 0. The maximum atomic E-state index is 11.8. The van der Waals surface area contributed by atoms with Gasteiger partial charge in [-0.2, -0.15) is 11.8 Å². The molecule has 0 bridgehead atoms. The molecule has 0 saturated heterocycles. The number of ether oxygens (including phenoxy) is 2. The molecule has 2 amide bonds. The summed E-state index contributed by atoms with van der Waals surface area (Å²) in [6.07, 6.45) is 1.58. The maximum absolute atomic E-state index is 11.8. The average Bonchev–Trinajstić information content (AvgIpc) is 2.68. The van der Waals surface area contributed by atoms with Gasteiger partial charge in [0.25, 0.3) is 0 Å². The van der Waals surface area contributed by atoms with Gasteiger partial charge in [0.2, 0.25) is 11.8 Å². The van der Waals surface area contributed by atoms with Crippen LogP contribution in [0.5, 0.6) is 0 Å². The Kier molecular flexibility index (Phi) is 46.5. The van der Waals surface area contributed by atoms with Crippen LogP contribution in [0.15, 0.2) is 0 Å². The molecule has 0 rings (SSSR count). The Morgan fingerprint density at radius 1 is 0.903 bits per heavy atom. The molecule has 0 radical (unpaired) electrons. The van der Waals surface area contributed by atoms with Gasteiger partial charge < -0.3 is 32.3 Å². The molecule has 0 spiro atoms. The molecular formula is C17H29K4N2O6S2+3. The van der Waals surface area contributed by atoms with Crippen LogP contribution in [0.2, 0.25) is 0 Å². The number of carbonyl (C=O) groups excluding carboxylic acids is 4. The molecule has 0 saturated carbocycles. The third kappa shape index (κ3) is 26.5. The number of hydrogen-bond acceptors (Lipinski definition) is 8. The van der Waals surface area contributed by atoms with Gasteiger partial charge in [0.1, 0.15) is 12.1 Å². The Morgan fingerprint density at radius 2 is 1.48 bits per heavy atom. The summed E-state index contributed by atoms with van der Waals surface area (Å²) in [6.45, 7) is 5.39. The van der Waals surface area contributed by atoms with E-state index in [1.54, 1.807) is 20.8 Å². The number of esters is 2. The van der Waals surface area contributed by atoms with Gasteiger partial charge >= 0.3 is 217 Å². The normalized spacial score (nSPS) is 11.0. The minimum atomic E-state index is -0.743. The van der Waals surface area contributed by atoms with Crippen LogP contribution in [0.4, 0.5) is 0 Å². The summed E-state index contributed by atoms with van der Waals surface area (Å²) in [5.74, 6) is -0.518. The van der Waals surface area contributed by atoms with E-state index in [1.807, 2.05) is 0 Å². The second-order valence-electron chi connectivity index (χ2n) is 5.66. The van der Waals surface area contributed by atoms with Crippen LogP contribution >= 0.6 is 11.8 Å². The molecule has 0 unspecified atom stereocenters. The zero-order chi connectivity index (χ0) is 20.7. The van der Waals surface area contributed by atoms with Gasteiger partial charge in [-0.05, 0) is 12.8 Å². The van der Waals surface area contributed by atoms with Gasteiger partial charge in [-0.25, -0.2) is 0 Å². The number of nitrogens with one attached hydrogen (secondary N) is 2. The summed E-state index contributed by atoms with van der Waals surface area (Å²) in [5.41, 5.74) is 0. The van der Waals surface area contributed by atoms with E-state index in [0.29, 0.717) is 30.8 Å². The Bertz CT molecular complexity index is 507. The van der Waals surface area contributed by atoms with Crippen molar-refractivity contribution in [2.24, 2.45) is 0 Å². The number of carbonyl (C=O) groups is 4. The molecule has 156 valence electrons. The Labute approximate surface area is 366 Å². The summed E-state index contributed by atoms with van der Waals surface area (Å²) >= 11 is 5.93. The monoisotopic (exact) mass is 577 g/mol. The van der Waals surface area contributed by atoms with E-state index in [4.69, 9.17) is 9.47 Å². The Balaban J connectivity index is -0.000000563. The predicted molar refractivity (Wildman–Crippen MR) is 106 cm³/mol. The van der Waals surface area contributed by atoms with Crippen molar-refractivity contribution in [2.45, 2.75) is 65.0 Å². The first kappa shape index (κ1) is 46.0. The second kappa shape index (κ2) is 31.3. The smallest absolute Gasteiger partial charge is 0.668 e. The van der Waals surface area contributed by atoms with Crippen molar-refractivity contribution in [2.75, 3.05) is 18.1 Å². The molecule has 14 heteroatoms. The van der Waals surface area contributed by atoms with Crippen LogP contribution in [0.1, 0.15) is 52.9 Å². The molecule has 0 heterocycles. The molecule has 0 fully saturated rings. The fourth-order valence-electron chi connectivity index (χ4n) is 1.91. The summed E-state index contributed by atoms with van der Waals surface area (Å²) in [6, 6.07) is -0.743. The first-order chi connectivity index (χ1) is 12.9. The molecule has 2 atom stereocenters. The number of rotatable bonds is 14. The number of thioether (sulfide) groups is 1. The Hall–Kier alpha value is 5.13. The van der Waals surface area contributed by atoms with Gasteiger partial charge in [0, 0.05) is 30.8 Å².